The van der Waals surface area contributed by atoms with Crippen LogP contribution in [0.5, 0.6) is 5.75 Å². The summed E-state index contributed by atoms with van der Waals surface area (Å²) in [6.07, 6.45) is 0. The molecule has 0 heterocycles. The zero-order valence-electron chi connectivity index (χ0n) is 27.6. The van der Waals surface area contributed by atoms with E-state index in [2.05, 4.69) is 0 Å². The molecule has 0 bridgehead atoms. The summed E-state index contributed by atoms with van der Waals surface area (Å²) in [5.41, 5.74) is 2.05. The van der Waals surface area contributed by atoms with Crippen molar-refractivity contribution >= 4 is 52.6 Å². The van der Waals surface area contributed by atoms with E-state index in [9.17, 15) is 30.2 Å². The Morgan fingerprint density at radius 2 is 0.926 bits per heavy atom. The summed E-state index contributed by atoms with van der Waals surface area (Å²) in [4.78, 5) is -2.94. The van der Waals surface area contributed by atoms with Crippen LogP contribution in [0.2, 0.25) is 0 Å². The molecule has 0 aliphatic carbocycles. The molecule has 268 valence electrons. The lowest BCUT2D eigenvalue weighted by Crippen LogP contribution is -2.18. The number of hydrogen-bond donors (Lipinski definition) is 1. The first-order valence-corrected chi connectivity index (χ1v) is 19.1. The lowest BCUT2D eigenvalue weighted by molar-refractivity contribution is 0.365. The van der Waals surface area contributed by atoms with Crippen LogP contribution < -0.4 is 4.18 Å². The lowest BCUT2D eigenvalue weighted by atomic mass is 9.89. The van der Waals surface area contributed by atoms with Gasteiger partial charge in [-0.25, -0.2) is 8.78 Å². The van der Waals surface area contributed by atoms with Crippen molar-refractivity contribution in [1.82, 2.24) is 0 Å². The third kappa shape index (κ3) is 5.94. The normalized spacial score (nSPS) is 12.1. The maximum absolute atomic E-state index is 15.4. The summed E-state index contributed by atoms with van der Waals surface area (Å²) >= 11 is 0. The van der Waals surface area contributed by atoms with Gasteiger partial charge >= 0.3 is 20.2 Å². The summed E-state index contributed by atoms with van der Waals surface area (Å²) in [5, 5.41) is 4.62. The molecule has 0 radical (unpaired) electrons. The third-order valence-corrected chi connectivity index (χ3v) is 11.4. The highest BCUT2D eigenvalue weighted by atomic mass is 32.2. The Kier molecular flexibility index (Phi) is 8.48. The molecular weight excluding hydrogens is 741 g/mol. The van der Waals surface area contributed by atoms with Gasteiger partial charge in [-0.05, 0) is 72.8 Å². The van der Waals surface area contributed by atoms with Gasteiger partial charge in [-0.2, -0.15) is 25.6 Å². The molecule has 12 heteroatoms. The van der Waals surface area contributed by atoms with Gasteiger partial charge in [0.1, 0.15) is 4.90 Å². The van der Waals surface area contributed by atoms with Crippen molar-refractivity contribution < 1.29 is 43.1 Å². The van der Waals surface area contributed by atoms with Crippen molar-refractivity contribution in [2.45, 2.75) is 9.79 Å². The van der Waals surface area contributed by atoms with Crippen LogP contribution in [0.1, 0.15) is 0 Å². The Morgan fingerprint density at radius 3 is 1.54 bits per heavy atom. The van der Waals surface area contributed by atoms with Crippen LogP contribution >= 0.6 is 0 Å². The number of fused-ring (bicyclic) bond motifs is 3. The Morgan fingerprint density at radius 1 is 0.426 bits per heavy atom. The van der Waals surface area contributed by atoms with Crippen LogP contribution in [0.25, 0.3) is 65.7 Å². The monoisotopic (exact) mass is 764 g/mol. The molecule has 0 amide bonds. The molecule has 0 fully saturated rings. The molecule has 0 aliphatic heterocycles. The minimum Gasteiger partial charge on any atom is -0.372 e. The van der Waals surface area contributed by atoms with Crippen LogP contribution in [-0.4, -0.2) is 21.4 Å². The Labute approximate surface area is 306 Å². The zero-order chi connectivity index (χ0) is 37.9. The molecule has 6 nitrogen and oxygen atoms in total. The van der Waals surface area contributed by atoms with Gasteiger partial charge in [0, 0.05) is 11.1 Å². The van der Waals surface area contributed by atoms with Crippen molar-refractivity contribution in [2.24, 2.45) is 0 Å². The smallest absolute Gasteiger partial charge is 0.340 e. The molecule has 0 saturated heterocycles. The van der Waals surface area contributed by atoms with E-state index in [1.807, 2.05) is 72.8 Å². The fourth-order valence-corrected chi connectivity index (χ4v) is 8.77. The SMILES string of the molecule is O=S(=O)(O)c1c(F)c(F)c(OS(=O)(=O)c2c(-c3ccc4ccccc4c3)cc(-c3cccc4ccccc34)cc2-c2cccc3ccccc23)c(F)c1F. The summed E-state index contributed by atoms with van der Waals surface area (Å²) in [7, 11) is -11.3. The van der Waals surface area contributed by atoms with Crippen LogP contribution in [0.4, 0.5) is 17.6 Å². The molecule has 8 rings (SSSR count). The van der Waals surface area contributed by atoms with E-state index in [0.29, 0.717) is 22.1 Å². The van der Waals surface area contributed by atoms with Gasteiger partial charge in [-0.3, -0.25) is 4.55 Å². The number of benzene rings is 8. The van der Waals surface area contributed by atoms with E-state index in [4.69, 9.17) is 4.18 Å². The number of rotatable bonds is 7. The van der Waals surface area contributed by atoms with Crippen molar-refractivity contribution in [3.8, 4) is 39.1 Å². The molecule has 1 N–H and O–H groups in total. The second kappa shape index (κ2) is 13.1. The van der Waals surface area contributed by atoms with E-state index < -0.39 is 59.0 Å². The Bertz CT molecular complexity index is 3040. The minimum absolute atomic E-state index is 0.0189. The Balaban J connectivity index is 1.50. The highest BCUT2D eigenvalue weighted by Gasteiger charge is 2.37. The fourth-order valence-electron chi connectivity index (χ4n) is 6.80. The maximum Gasteiger partial charge on any atom is 0.340 e. The van der Waals surface area contributed by atoms with Crippen molar-refractivity contribution in [1.29, 1.82) is 0 Å². The second-order valence-electron chi connectivity index (χ2n) is 12.4. The van der Waals surface area contributed by atoms with Gasteiger partial charge in [0.05, 0.1) is 0 Å². The van der Waals surface area contributed by atoms with E-state index in [1.54, 1.807) is 66.7 Å². The molecule has 8 aromatic carbocycles. The van der Waals surface area contributed by atoms with Gasteiger partial charge in [0.15, 0.2) is 16.5 Å². The molecule has 8 aromatic rings. The molecule has 0 saturated carbocycles. The van der Waals surface area contributed by atoms with Gasteiger partial charge < -0.3 is 4.18 Å². The van der Waals surface area contributed by atoms with Crippen molar-refractivity contribution in [2.75, 3.05) is 0 Å². The van der Waals surface area contributed by atoms with E-state index >= 15 is 8.78 Å². The minimum atomic E-state index is -5.83. The van der Waals surface area contributed by atoms with Crippen LogP contribution in [0.15, 0.2) is 149 Å². The first-order chi connectivity index (χ1) is 25.8. The summed E-state index contributed by atoms with van der Waals surface area (Å²) in [6, 6.07) is 41.2. The average molecular weight is 765 g/mol. The summed E-state index contributed by atoms with van der Waals surface area (Å²) < 4.78 is 128. The van der Waals surface area contributed by atoms with Crippen LogP contribution in [-0.2, 0) is 20.2 Å². The third-order valence-electron chi connectivity index (χ3n) is 9.21. The summed E-state index contributed by atoms with van der Waals surface area (Å²) in [6.45, 7) is 0. The van der Waals surface area contributed by atoms with Gasteiger partial charge in [0.25, 0.3) is 0 Å². The predicted molar refractivity (Wildman–Crippen MR) is 199 cm³/mol. The molecule has 0 atom stereocenters. The number of hydrogen-bond acceptors (Lipinski definition) is 5. The highest BCUT2D eigenvalue weighted by Crippen LogP contribution is 2.45. The quantitative estimate of drug-likeness (QED) is 0.0751. The van der Waals surface area contributed by atoms with Crippen molar-refractivity contribution in [3.05, 3.63) is 163 Å². The van der Waals surface area contributed by atoms with Gasteiger partial charge in [-0.15, -0.1) is 0 Å². The highest BCUT2D eigenvalue weighted by molar-refractivity contribution is 7.87. The topological polar surface area (TPSA) is 97.7 Å². The lowest BCUT2D eigenvalue weighted by Gasteiger charge is -2.21. The van der Waals surface area contributed by atoms with Gasteiger partial charge in [0.2, 0.25) is 17.4 Å². The predicted octanol–water partition coefficient (Wildman–Crippen LogP) is 10.7. The van der Waals surface area contributed by atoms with E-state index in [-0.39, 0.29) is 11.1 Å². The molecular formula is C42H24F4O6S2. The first-order valence-electron chi connectivity index (χ1n) is 16.2. The standard InChI is InChI=1S/C42H24F4O6S2/c43-36-38(45)42(53(47,48)49)39(46)37(44)40(36)52-54(50,51)41-34(28-20-19-24-9-1-2-12-27(24)21-28)22-29(32-17-7-13-25-10-3-5-15-30(25)32)23-35(41)33-18-8-14-26-11-4-6-16-31(26)33/h1-23H,(H,47,48,49). The second-order valence-corrected chi connectivity index (χ2v) is 15.3. The fraction of sp³-hybridized carbons (Fsp3) is 0. The Hall–Kier alpha value is -6.08. The zero-order valence-corrected chi connectivity index (χ0v) is 29.2. The van der Waals surface area contributed by atoms with Crippen molar-refractivity contribution in [3.63, 3.8) is 0 Å². The molecule has 0 aliphatic rings. The van der Waals surface area contributed by atoms with Gasteiger partial charge in [-0.1, -0.05) is 121 Å². The van der Waals surface area contributed by atoms with E-state index in [0.717, 1.165) is 32.5 Å². The maximum atomic E-state index is 15.4. The number of halogens is 4. The molecule has 0 unspecified atom stereocenters. The molecule has 0 spiro atoms. The largest absolute Gasteiger partial charge is 0.372 e. The summed E-state index contributed by atoms with van der Waals surface area (Å²) in [5.74, 6) is -12.2. The first kappa shape index (κ1) is 35.0. The van der Waals surface area contributed by atoms with Crippen LogP contribution in [0.3, 0.4) is 0 Å². The molecule has 54 heavy (non-hydrogen) atoms. The molecule has 0 aromatic heterocycles. The average Bonchev–Trinajstić information content (AvgIpc) is 3.17. The van der Waals surface area contributed by atoms with E-state index in [1.165, 1.54) is 0 Å². The van der Waals surface area contributed by atoms with Crippen LogP contribution in [0, 0.1) is 23.3 Å².